The normalized spacial score (nSPS) is 12.0. The molecule has 2 N–H and O–H groups in total. The van der Waals surface area contributed by atoms with Crippen LogP contribution in [0.5, 0.6) is 0 Å². The monoisotopic (exact) mass is 162 g/mol. The van der Waals surface area contributed by atoms with Crippen molar-refractivity contribution in [3.8, 4) is 0 Å². The van der Waals surface area contributed by atoms with Gasteiger partial charge < -0.3 is 0 Å². The first-order valence-corrected chi connectivity index (χ1v) is 5.57. The Kier molecular flexibility index (Phi) is 5.24. The summed E-state index contributed by atoms with van der Waals surface area (Å²) < 4.78 is 0. The van der Waals surface area contributed by atoms with Gasteiger partial charge >= 0.3 is 0 Å². The molecule has 0 aromatic heterocycles. The van der Waals surface area contributed by atoms with Crippen LogP contribution in [0.3, 0.4) is 0 Å². The second kappa shape index (κ2) is 5.06. The first-order chi connectivity index (χ1) is 4.52. The van der Waals surface area contributed by atoms with Gasteiger partial charge in [-0.15, -0.1) is 0 Å². The molecule has 0 spiro atoms. The minimum atomic E-state index is -0.159. The molecule has 0 aliphatic heterocycles. The van der Waals surface area contributed by atoms with Gasteiger partial charge in [0, 0.05) is 20.3 Å². The number of hydrogen-bond acceptors (Lipinski definition) is 2. The van der Waals surface area contributed by atoms with E-state index in [4.69, 9.17) is 0 Å². The third kappa shape index (κ3) is 6.47. The van der Waals surface area contributed by atoms with Crippen LogP contribution in [0.4, 0.5) is 0 Å². The molecule has 0 saturated heterocycles. The van der Waals surface area contributed by atoms with E-state index < -0.39 is 0 Å². The van der Waals surface area contributed by atoms with Crippen molar-refractivity contribution in [3.63, 3.8) is 0 Å². The molecule has 0 atom stereocenters. The molecule has 0 bridgehead atoms. The van der Waals surface area contributed by atoms with E-state index in [1.165, 1.54) is 0 Å². The van der Waals surface area contributed by atoms with Gasteiger partial charge in [0.15, 0.2) is 0 Å². The first-order valence-electron chi connectivity index (χ1n) is 3.78. The van der Waals surface area contributed by atoms with Crippen LogP contribution in [-0.2, 0) is 0 Å². The van der Waals surface area contributed by atoms with E-state index in [0.29, 0.717) is 12.1 Å². The Morgan fingerprint density at radius 2 is 1.20 bits per heavy atom. The van der Waals surface area contributed by atoms with E-state index in [9.17, 15) is 0 Å². The van der Waals surface area contributed by atoms with Crippen molar-refractivity contribution in [2.45, 2.75) is 39.8 Å². The Hall–Kier alpha value is 0.350. The Morgan fingerprint density at radius 1 is 0.900 bits per heavy atom. The molecule has 62 valence electrons. The molecule has 0 unspecified atom stereocenters. The third-order valence-corrected chi connectivity index (χ3v) is 2.71. The minimum Gasteiger partial charge on any atom is -0.281 e. The van der Waals surface area contributed by atoms with Gasteiger partial charge in [-0.05, 0) is 34.4 Å². The molecular weight excluding hydrogens is 143 g/mol. The Bertz CT molecular complexity index is 73.7. The zero-order valence-corrected chi connectivity index (χ0v) is 8.50. The molecule has 3 heteroatoms. The zero-order valence-electron chi connectivity index (χ0n) is 7.60. The van der Waals surface area contributed by atoms with Crippen LogP contribution in [0.25, 0.3) is 0 Å². The summed E-state index contributed by atoms with van der Waals surface area (Å²) in [6.07, 6.45) is 0. The first kappa shape index (κ1) is 10.3. The summed E-state index contributed by atoms with van der Waals surface area (Å²) in [7, 11) is -0.159. The molecule has 0 radical (unpaired) electrons. The van der Waals surface area contributed by atoms with Crippen molar-refractivity contribution in [3.05, 3.63) is 0 Å². The maximum absolute atomic E-state index is 3.43. The SMILES string of the molecule is CC(C)NP(C)NC(C)C. The van der Waals surface area contributed by atoms with Crippen LogP contribution >= 0.6 is 8.22 Å². The second-order valence-electron chi connectivity index (χ2n) is 3.13. The fourth-order valence-corrected chi connectivity index (χ4v) is 2.44. The lowest BCUT2D eigenvalue weighted by Crippen LogP contribution is -2.27. The molecule has 0 aromatic carbocycles. The largest absolute Gasteiger partial charge is 0.281 e. The molecule has 0 fully saturated rings. The van der Waals surface area contributed by atoms with Crippen LogP contribution in [0, 0.1) is 0 Å². The lowest BCUT2D eigenvalue weighted by Gasteiger charge is -2.20. The summed E-state index contributed by atoms with van der Waals surface area (Å²) in [4.78, 5) is 0. The van der Waals surface area contributed by atoms with E-state index >= 15 is 0 Å². The standard InChI is InChI=1S/C7H19N2P/c1-6(2)8-10(5)9-7(3)4/h6-9H,1-5H3. The molecule has 0 aliphatic rings. The highest BCUT2D eigenvalue weighted by molar-refractivity contribution is 7.52. The van der Waals surface area contributed by atoms with Crippen molar-refractivity contribution in [2.75, 3.05) is 6.66 Å². The fraction of sp³-hybridized carbons (Fsp3) is 1.00. The Labute approximate surface area is 65.6 Å². The maximum atomic E-state index is 3.43. The maximum Gasteiger partial charge on any atom is 0.0310 e. The van der Waals surface area contributed by atoms with Crippen LogP contribution < -0.4 is 10.2 Å². The van der Waals surface area contributed by atoms with Gasteiger partial charge in [-0.1, -0.05) is 0 Å². The minimum absolute atomic E-state index is 0.159. The molecule has 0 amide bonds. The third-order valence-electron chi connectivity index (χ3n) is 0.904. The van der Waals surface area contributed by atoms with E-state index in [0.717, 1.165) is 0 Å². The number of nitrogens with one attached hydrogen (secondary N) is 2. The van der Waals surface area contributed by atoms with Gasteiger partial charge in [0.1, 0.15) is 0 Å². The molecule has 0 aliphatic carbocycles. The highest BCUT2D eigenvalue weighted by atomic mass is 31.1. The molecule has 0 rings (SSSR count). The van der Waals surface area contributed by atoms with Crippen LogP contribution in [0.1, 0.15) is 27.7 Å². The molecule has 10 heavy (non-hydrogen) atoms. The van der Waals surface area contributed by atoms with Crippen molar-refractivity contribution < 1.29 is 0 Å². The Balaban J connectivity index is 3.34. The van der Waals surface area contributed by atoms with Gasteiger partial charge in [-0.25, -0.2) is 0 Å². The van der Waals surface area contributed by atoms with Crippen LogP contribution in [0.2, 0.25) is 0 Å². The van der Waals surface area contributed by atoms with E-state index in [-0.39, 0.29) is 8.22 Å². The summed E-state index contributed by atoms with van der Waals surface area (Å²) in [5, 5.41) is 6.86. The van der Waals surface area contributed by atoms with E-state index in [1.807, 2.05) is 0 Å². The number of rotatable bonds is 4. The fourth-order valence-electron chi connectivity index (χ4n) is 0.812. The highest BCUT2D eigenvalue weighted by Crippen LogP contribution is 2.19. The molecule has 0 aromatic rings. The van der Waals surface area contributed by atoms with Gasteiger partial charge in [-0.3, -0.25) is 10.2 Å². The smallest absolute Gasteiger partial charge is 0.0310 e. The van der Waals surface area contributed by atoms with Crippen molar-refractivity contribution in [1.82, 2.24) is 10.2 Å². The average Bonchev–Trinajstić information content (AvgIpc) is 1.58. The summed E-state index contributed by atoms with van der Waals surface area (Å²) in [6, 6.07) is 1.17. The van der Waals surface area contributed by atoms with Crippen LogP contribution in [-0.4, -0.2) is 18.7 Å². The predicted octanol–water partition coefficient (Wildman–Crippen LogP) is 1.92. The van der Waals surface area contributed by atoms with Crippen LogP contribution in [0.15, 0.2) is 0 Å². The topological polar surface area (TPSA) is 24.1 Å². The molecular formula is C7H19N2P. The van der Waals surface area contributed by atoms with Crippen molar-refractivity contribution in [2.24, 2.45) is 0 Å². The van der Waals surface area contributed by atoms with Gasteiger partial charge in [0.25, 0.3) is 0 Å². The predicted molar refractivity (Wildman–Crippen MR) is 49.4 cm³/mol. The quantitative estimate of drug-likeness (QED) is 0.617. The van der Waals surface area contributed by atoms with E-state index in [2.05, 4.69) is 44.5 Å². The Morgan fingerprint density at radius 3 is 1.40 bits per heavy atom. The second-order valence-corrected chi connectivity index (χ2v) is 4.76. The lowest BCUT2D eigenvalue weighted by atomic mass is 10.4. The number of hydrogen-bond donors (Lipinski definition) is 2. The summed E-state index contributed by atoms with van der Waals surface area (Å²) in [5.41, 5.74) is 0. The average molecular weight is 162 g/mol. The molecule has 0 heterocycles. The molecule has 2 nitrogen and oxygen atoms in total. The lowest BCUT2D eigenvalue weighted by molar-refractivity contribution is 0.715. The summed E-state index contributed by atoms with van der Waals surface area (Å²) in [6.45, 7) is 10.9. The highest BCUT2D eigenvalue weighted by Gasteiger charge is 2.02. The van der Waals surface area contributed by atoms with Gasteiger partial charge in [-0.2, -0.15) is 0 Å². The molecule has 0 saturated carbocycles. The van der Waals surface area contributed by atoms with Crippen molar-refractivity contribution in [1.29, 1.82) is 0 Å². The zero-order chi connectivity index (χ0) is 8.15. The van der Waals surface area contributed by atoms with E-state index in [1.54, 1.807) is 0 Å². The summed E-state index contributed by atoms with van der Waals surface area (Å²) >= 11 is 0. The van der Waals surface area contributed by atoms with Gasteiger partial charge in [0.05, 0.1) is 0 Å². The van der Waals surface area contributed by atoms with Gasteiger partial charge in [0.2, 0.25) is 0 Å². The summed E-state index contributed by atoms with van der Waals surface area (Å²) in [5.74, 6) is 0. The van der Waals surface area contributed by atoms with Crippen molar-refractivity contribution >= 4 is 8.22 Å².